The van der Waals surface area contributed by atoms with Crippen molar-refractivity contribution >= 4 is 33.4 Å². The monoisotopic (exact) mass is 886 g/mol. The van der Waals surface area contributed by atoms with E-state index < -0.39 is 40.5 Å². The molecule has 0 aliphatic carbocycles. The lowest BCUT2D eigenvalue weighted by molar-refractivity contribution is -0.148. The number of aliphatic hydroxyl groups is 2. The molecular weight excluding hydrogens is 825 g/mol. The smallest absolute Gasteiger partial charge is 0.236 e. The van der Waals surface area contributed by atoms with Crippen molar-refractivity contribution in [3.63, 3.8) is 0 Å². The van der Waals surface area contributed by atoms with Crippen molar-refractivity contribution < 1.29 is 19.8 Å². The highest BCUT2D eigenvalue weighted by molar-refractivity contribution is 6.06. The largest absolute Gasteiger partial charge is 0.378 e. The van der Waals surface area contributed by atoms with Gasteiger partial charge < -0.3 is 20.8 Å². The Morgan fingerprint density at radius 1 is 0.433 bits per heavy atom. The highest BCUT2D eigenvalue weighted by Crippen LogP contribution is 2.47. The minimum Gasteiger partial charge on any atom is -0.378 e. The third-order valence-electron chi connectivity index (χ3n) is 13.7. The molecule has 0 radical (unpaired) electrons. The number of hydrogen-bond donors (Lipinski definition) is 4. The Morgan fingerprint density at radius 3 is 1.04 bits per heavy atom. The molecule has 0 unspecified atom stereocenters. The first kappa shape index (κ1) is 46.7. The maximum atomic E-state index is 16.1. The summed E-state index contributed by atoms with van der Waals surface area (Å²) in [6.45, 7) is 11.9. The number of amides is 2. The molecule has 340 valence electrons. The molecule has 2 amide bonds. The quantitative estimate of drug-likeness (QED) is 0.0726. The highest BCUT2D eigenvalue weighted by Gasteiger charge is 2.52. The molecule has 6 nitrogen and oxygen atoms in total. The van der Waals surface area contributed by atoms with Crippen LogP contribution in [-0.2, 0) is 20.8 Å². The molecule has 0 saturated heterocycles. The summed E-state index contributed by atoms with van der Waals surface area (Å²) in [4.78, 5) is 32.2. The fourth-order valence-corrected chi connectivity index (χ4v) is 10.4. The van der Waals surface area contributed by atoms with E-state index >= 15 is 9.59 Å². The molecule has 6 heteroatoms. The normalized spacial score (nSPS) is 13.0. The van der Waals surface area contributed by atoms with Gasteiger partial charge in [-0.3, -0.25) is 9.59 Å². The van der Waals surface area contributed by atoms with Gasteiger partial charge in [-0.25, -0.2) is 0 Å². The molecule has 2 atom stereocenters. The molecule has 0 fully saturated rings. The van der Waals surface area contributed by atoms with Crippen LogP contribution in [0.2, 0.25) is 0 Å². The highest BCUT2D eigenvalue weighted by atomic mass is 16.3. The molecule has 0 aliphatic rings. The first-order chi connectivity index (χ1) is 32.3. The summed E-state index contributed by atoms with van der Waals surface area (Å²) in [5.41, 5.74) is 2.39. The van der Waals surface area contributed by atoms with Gasteiger partial charge in [-0.05, 0) is 95.5 Å². The third-order valence-corrected chi connectivity index (χ3v) is 13.7. The average molecular weight is 887 g/mol. The Kier molecular flexibility index (Phi) is 13.6. The van der Waals surface area contributed by atoms with E-state index in [1.165, 1.54) is 0 Å². The van der Waals surface area contributed by atoms with Crippen LogP contribution in [0.25, 0.3) is 21.5 Å². The van der Waals surface area contributed by atoms with Crippen LogP contribution in [-0.4, -0.2) is 22.0 Å². The zero-order chi connectivity index (χ0) is 47.3. The van der Waals surface area contributed by atoms with Crippen molar-refractivity contribution in [3.8, 4) is 0 Å². The standard InChI is InChI=1S/C61H62N2O4/c1-7-35-59(36-8-2,57(64)62-55(53-33-17-25-45-23-9-11-31-51(45)53)60(66,47-27-13-19-41(3)37-47)48-28-14-20-42(4)38-48)58(65)63-56(54-34-18-26-46-24-10-12-32-52(46)54)61(67,49-29-15-21-43(5)39-49)50-30-16-22-44(6)40-50/h9-34,37-40,55-56,66-67H,7-8,35-36H2,1-6H3,(H,62,64)(H,63,65)/t55-,56-/m0/s1. The van der Waals surface area contributed by atoms with Crippen molar-refractivity contribution in [3.05, 3.63) is 238 Å². The van der Waals surface area contributed by atoms with Gasteiger partial charge in [0.15, 0.2) is 0 Å². The second-order valence-electron chi connectivity index (χ2n) is 18.5. The topological polar surface area (TPSA) is 98.7 Å². The van der Waals surface area contributed by atoms with E-state index in [0.717, 1.165) is 43.8 Å². The Hall–Kier alpha value is -6.86. The SMILES string of the molecule is CCCC(CCC)(C(=O)N[C@@H](c1cccc2ccccc12)C(O)(c1cccc(C)c1)c1cccc(C)c1)C(=O)N[C@@H](c1cccc2ccccc12)C(O)(c1cccc(C)c1)c1cccc(C)c1. The Morgan fingerprint density at radius 2 is 0.731 bits per heavy atom. The number of nitrogens with one attached hydrogen (secondary N) is 2. The van der Waals surface area contributed by atoms with Crippen molar-refractivity contribution in [1.82, 2.24) is 10.6 Å². The van der Waals surface area contributed by atoms with Gasteiger partial charge in [0.05, 0.1) is 12.1 Å². The molecule has 8 aromatic carbocycles. The molecule has 0 bridgehead atoms. The maximum absolute atomic E-state index is 16.1. The molecule has 0 heterocycles. The fourth-order valence-electron chi connectivity index (χ4n) is 10.4. The van der Waals surface area contributed by atoms with Gasteiger partial charge >= 0.3 is 0 Å². The number of carbonyl (C=O) groups is 2. The molecule has 67 heavy (non-hydrogen) atoms. The van der Waals surface area contributed by atoms with E-state index in [2.05, 4.69) is 10.6 Å². The van der Waals surface area contributed by atoms with E-state index in [0.29, 0.717) is 46.2 Å². The van der Waals surface area contributed by atoms with Gasteiger partial charge in [0, 0.05) is 0 Å². The average Bonchev–Trinajstić information content (AvgIpc) is 3.34. The van der Waals surface area contributed by atoms with E-state index in [1.54, 1.807) is 0 Å². The Bertz CT molecular complexity index is 2750. The van der Waals surface area contributed by atoms with Crippen molar-refractivity contribution in [1.29, 1.82) is 0 Å². The van der Waals surface area contributed by atoms with Gasteiger partial charge in [-0.1, -0.05) is 231 Å². The molecule has 0 aliphatic heterocycles. The van der Waals surface area contributed by atoms with Gasteiger partial charge in [-0.15, -0.1) is 0 Å². The lowest BCUT2D eigenvalue weighted by Gasteiger charge is -2.43. The summed E-state index contributed by atoms with van der Waals surface area (Å²) in [5.74, 6) is -1.01. The van der Waals surface area contributed by atoms with Crippen molar-refractivity contribution in [2.24, 2.45) is 5.41 Å². The molecule has 4 N–H and O–H groups in total. The van der Waals surface area contributed by atoms with Crippen LogP contribution >= 0.6 is 0 Å². The second kappa shape index (κ2) is 19.5. The lowest BCUT2D eigenvalue weighted by Crippen LogP contribution is -2.57. The van der Waals surface area contributed by atoms with E-state index in [1.807, 2.05) is 224 Å². The summed E-state index contributed by atoms with van der Waals surface area (Å²) in [5, 5.41) is 38.2. The maximum Gasteiger partial charge on any atom is 0.236 e. The zero-order valence-electron chi connectivity index (χ0n) is 39.5. The molecule has 0 spiro atoms. The molecule has 0 aromatic heterocycles. The van der Waals surface area contributed by atoms with Gasteiger partial charge in [0.25, 0.3) is 0 Å². The Labute approximate surface area is 395 Å². The van der Waals surface area contributed by atoms with E-state index in [4.69, 9.17) is 0 Å². The van der Waals surface area contributed by atoms with Gasteiger partial charge in [0.1, 0.15) is 16.6 Å². The van der Waals surface area contributed by atoms with Crippen LogP contribution in [0.1, 0.15) is 107 Å². The number of carbonyl (C=O) groups excluding carboxylic acids is 2. The fraction of sp³-hybridized carbons (Fsp3) is 0.246. The van der Waals surface area contributed by atoms with Crippen molar-refractivity contribution in [2.45, 2.75) is 90.5 Å². The first-order valence-corrected chi connectivity index (χ1v) is 23.6. The summed E-state index contributed by atoms with van der Waals surface area (Å²) >= 11 is 0. The van der Waals surface area contributed by atoms with E-state index in [9.17, 15) is 10.2 Å². The third kappa shape index (κ3) is 8.92. The predicted molar refractivity (Wildman–Crippen MR) is 273 cm³/mol. The second-order valence-corrected chi connectivity index (χ2v) is 18.5. The van der Waals surface area contributed by atoms with Crippen LogP contribution in [0.5, 0.6) is 0 Å². The van der Waals surface area contributed by atoms with Gasteiger partial charge in [0.2, 0.25) is 11.8 Å². The Balaban J connectivity index is 1.35. The molecule has 0 saturated carbocycles. The predicted octanol–water partition coefficient (Wildman–Crippen LogP) is 12.7. The number of fused-ring (bicyclic) bond motifs is 2. The van der Waals surface area contributed by atoms with Crippen LogP contribution in [0, 0.1) is 33.1 Å². The summed E-state index contributed by atoms with van der Waals surface area (Å²) in [6.07, 6.45) is 1.45. The number of hydrogen-bond acceptors (Lipinski definition) is 4. The molecule has 8 rings (SSSR count). The molecular formula is C61H62N2O4. The number of aryl methyl sites for hydroxylation is 4. The summed E-state index contributed by atoms with van der Waals surface area (Å²) in [7, 11) is 0. The van der Waals surface area contributed by atoms with Crippen LogP contribution in [0.3, 0.4) is 0 Å². The van der Waals surface area contributed by atoms with Crippen LogP contribution < -0.4 is 10.6 Å². The first-order valence-electron chi connectivity index (χ1n) is 23.6. The van der Waals surface area contributed by atoms with Gasteiger partial charge in [-0.2, -0.15) is 0 Å². The van der Waals surface area contributed by atoms with Crippen LogP contribution in [0.15, 0.2) is 182 Å². The molecule has 8 aromatic rings. The van der Waals surface area contributed by atoms with Crippen LogP contribution in [0.4, 0.5) is 0 Å². The lowest BCUT2D eigenvalue weighted by atomic mass is 9.72. The van der Waals surface area contributed by atoms with E-state index in [-0.39, 0.29) is 12.8 Å². The summed E-state index contributed by atoms with van der Waals surface area (Å²) < 4.78 is 0. The minimum atomic E-state index is -1.81. The zero-order valence-corrected chi connectivity index (χ0v) is 39.5. The summed E-state index contributed by atoms with van der Waals surface area (Å²) in [6, 6.07) is 56.9. The number of benzene rings is 8. The minimum absolute atomic E-state index is 0.212. The number of rotatable bonds is 16. The van der Waals surface area contributed by atoms with Crippen molar-refractivity contribution in [2.75, 3.05) is 0 Å².